The van der Waals surface area contributed by atoms with Gasteiger partial charge < -0.3 is 19.5 Å². The second-order valence-corrected chi connectivity index (χ2v) is 6.35. The summed E-state index contributed by atoms with van der Waals surface area (Å²) in [4.78, 5) is 32.3. The van der Waals surface area contributed by atoms with Crippen LogP contribution in [0.5, 0.6) is 6.01 Å². The van der Waals surface area contributed by atoms with Crippen LogP contribution in [0.1, 0.15) is 23.2 Å². The fraction of sp³-hybridized carbons (Fsp3) is 0.368. The maximum Gasteiger partial charge on any atom is 0.407 e. The summed E-state index contributed by atoms with van der Waals surface area (Å²) in [6.07, 6.45) is 4.02. The van der Waals surface area contributed by atoms with Crippen molar-refractivity contribution in [3.05, 3.63) is 42.2 Å². The number of hydrogen-bond donors (Lipinski definition) is 1. The molecular formula is C19H21N3O5. The van der Waals surface area contributed by atoms with Gasteiger partial charge in [-0.1, -0.05) is 12.1 Å². The lowest BCUT2D eigenvalue weighted by atomic mass is 9.98. The number of nitrogens with zero attached hydrogens (tertiary/aromatic N) is 3. The van der Waals surface area contributed by atoms with Gasteiger partial charge in [-0.05, 0) is 36.5 Å². The number of piperidine rings is 1. The topological polar surface area (TPSA) is 102 Å². The van der Waals surface area contributed by atoms with Crippen LogP contribution in [0.15, 0.2) is 36.7 Å². The van der Waals surface area contributed by atoms with Crippen LogP contribution in [0.4, 0.5) is 4.79 Å². The lowest BCUT2D eigenvalue weighted by Crippen LogP contribution is -2.38. The smallest absolute Gasteiger partial charge is 0.407 e. The number of esters is 1. The second kappa shape index (κ2) is 8.48. The average molecular weight is 371 g/mol. The molecule has 27 heavy (non-hydrogen) atoms. The Kier molecular flexibility index (Phi) is 5.85. The average Bonchev–Trinajstić information content (AvgIpc) is 2.72. The SMILES string of the molecule is COC(=O)c1ccc(-c2cnc(OCC3CCN(C(=O)O)CC3)nc2)cc1. The number of carboxylic acid groups (broad SMARTS) is 1. The first kappa shape index (κ1) is 18.6. The van der Waals surface area contributed by atoms with E-state index in [1.807, 2.05) is 12.1 Å². The first-order chi connectivity index (χ1) is 13.1. The van der Waals surface area contributed by atoms with Crippen molar-refractivity contribution in [1.82, 2.24) is 14.9 Å². The number of rotatable bonds is 5. The number of methoxy groups -OCH3 is 1. The van der Waals surface area contributed by atoms with E-state index in [1.165, 1.54) is 12.0 Å². The van der Waals surface area contributed by atoms with Gasteiger partial charge in [-0.2, -0.15) is 0 Å². The van der Waals surface area contributed by atoms with Gasteiger partial charge in [0.05, 0.1) is 19.3 Å². The lowest BCUT2D eigenvalue weighted by Gasteiger charge is -2.29. The van der Waals surface area contributed by atoms with Crippen molar-refractivity contribution in [2.75, 3.05) is 26.8 Å². The van der Waals surface area contributed by atoms with Gasteiger partial charge in [0.1, 0.15) is 0 Å². The Morgan fingerprint density at radius 2 is 1.74 bits per heavy atom. The number of hydrogen-bond acceptors (Lipinski definition) is 6. The normalized spacial score (nSPS) is 14.6. The van der Waals surface area contributed by atoms with E-state index >= 15 is 0 Å². The standard InChI is InChI=1S/C19H21N3O5/c1-26-17(23)15-4-2-14(3-5-15)16-10-20-18(21-11-16)27-12-13-6-8-22(9-7-13)19(24)25/h2-5,10-11,13H,6-9,12H2,1H3,(H,24,25). The molecule has 8 nitrogen and oxygen atoms in total. The molecule has 1 N–H and O–H groups in total. The highest BCUT2D eigenvalue weighted by Crippen LogP contribution is 2.21. The van der Waals surface area contributed by atoms with E-state index in [1.54, 1.807) is 24.5 Å². The van der Waals surface area contributed by atoms with Crippen molar-refractivity contribution < 1.29 is 24.2 Å². The fourth-order valence-electron chi connectivity index (χ4n) is 2.94. The highest BCUT2D eigenvalue weighted by Gasteiger charge is 2.22. The molecule has 0 saturated carbocycles. The van der Waals surface area contributed by atoms with Crippen molar-refractivity contribution in [1.29, 1.82) is 0 Å². The Labute approximate surface area is 156 Å². The molecular weight excluding hydrogens is 350 g/mol. The number of carbonyl (C=O) groups is 2. The minimum Gasteiger partial charge on any atom is -0.465 e. The van der Waals surface area contributed by atoms with E-state index in [2.05, 4.69) is 14.7 Å². The molecule has 2 aromatic rings. The Balaban J connectivity index is 1.53. The van der Waals surface area contributed by atoms with E-state index in [-0.39, 0.29) is 5.97 Å². The first-order valence-corrected chi connectivity index (χ1v) is 8.68. The minimum absolute atomic E-state index is 0.297. The van der Waals surface area contributed by atoms with Gasteiger partial charge in [-0.25, -0.2) is 19.6 Å². The quantitative estimate of drug-likeness (QED) is 0.806. The van der Waals surface area contributed by atoms with Crippen LogP contribution in [-0.4, -0.2) is 58.8 Å². The Morgan fingerprint density at radius 3 is 2.30 bits per heavy atom. The van der Waals surface area contributed by atoms with E-state index < -0.39 is 6.09 Å². The molecule has 1 amide bonds. The molecule has 1 aliphatic heterocycles. The molecule has 1 aromatic heterocycles. The minimum atomic E-state index is -0.868. The predicted molar refractivity (Wildman–Crippen MR) is 96.6 cm³/mol. The number of aromatic nitrogens is 2. The summed E-state index contributed by atoms with van der Waals surface area (Å²) in [5, 5.41) is 8.96. The molecule has 3 rings (SSSR count). The lowest BCUT2D eigenvalue weighted by molar-refractivity contribution is 0.0600. The van der Waals surface area contributed by atoms with E-state index in [9.17, 15) is 9.59 Å². The van der Waals surface area contributed by atoms with Crippen LogP contribution < -0.4 is 4.74 Å². The largest absolute Gasteiger partial charge is 0.465 e. The third-order valence-corrected chi connectivity index (χ3v) is 4.60. The van der Waals surface area contributed by atoms with Gasteiger partial charge in [-0.3, -0.25) is 0 Å². The highest BCUT2D eigenvalue weighted by molar-refractivity contribution is 5.89. The summed E-state index contributed by atoms with van der Waals surface area (Å²) in [5.74, 6) is -0.0783. The number of carbonyl (C=O) groups excluding carboxylic acids is 1. The first-order valence-electron chi connectivity index (χ1n) is 8.68. The van der Waals surface area contributed by atoms with Gasteiger partial charge in [-0.15, -0.1) is 0 Å². The Hall–Kier alpha value is -3.16. The van der Waals surface area contributed by atoms with Crippen LogP contribution in [0, 0.1) is 5.92 Å². The summed E-state index contributed by atoms with van der Waals surface area (Å²) >= 11 is 0. The second-order valence-electron chi connectivity index (χ2n) is 6.35. The molecule has 0 atom stereocenters. The Bertz CT molecular complexity index is 784. The molecule has 0 unspecified atom stereocenters. The van der Waals surface area contributed by atoms with Crippen LogP contribution in [0.3, 0.4) is 0 Å². The van der Waals surface area contributed by atoms with Gasteiger partial charge >= 0.3 is 18.1 Å². The van der Waals surface area contributed by atoms with Crippen molar-refractivity contribution in [2.45, 2.75) is 12.8 Å². The zero-order valence-electron chi connectivity index (χ0n) is 15.0. The number of benzene rings is 1. The van der Waals surface area contributed by atoms with Crippen molar-refractivity contribution in [3.63, 3.8) is 0 Å². The van der Waals surface area contributed by atoms with Gasteiger partial charge in [0.25, 0.3) is 0 Å². The maximum atomic E-state index is 11.5. The van der Waals surface area contributed by atoms with Crippen molar-refractivity contribution in [3.8, 4) is 17.1 Å². The molecule has 0 aliphatic carbocycles. The van der Waals surface area contributed by atoms with Gasteiger partial charge in [0, 0.05) is 31.0 Å². The van der Waals surface area contributed by atoms with Crippen LogP contribution in [0.25, 0.3) is 11.1 Å². The van der Waals surface area contributed by atoms with Crippen LogP contribution in [0.2, 0.25) is 0 Å². The van der Waals surface area contributed by atoms with E-state index in [0.717, 1.165) is 24.0 Å². The number of ether oxygens (including phenoxy) is 2. The van der Waals surface area contributed by atoms with E-state index in [0.29, 0.717) is 37.2 Å². The summed E-state index contributed by atoms with van der Waals surface area (Å²) < 4.78 is 10.3. The van der Waals surface area contributed by atoms with Gasteiger partial charge in [0.2, 0.25) is 0 Å². The van der Waals surface area contributed by atoms with Crippen molar-refractivity contribution >= 4 is 12.1 Å². The predicted octanol–water partition coefficient (Wildman–Crippen LogP) is 2.70. The molecule has 0 radical (unpaired) electrons. The zero-order valence-corrected chi connectivity index (χ0v) is 15.0. The molecule has 1 saturated heterocycles. The number of amides is 1. The fourth-order valence-corrected chi connectivity index (χ4v) is 2.94. The van der Waals surface area contributed by atoms with Crippen LogP contribution in [-0.2, 0) is 4.74 Å². The number of likely N-dealkylation sites (tertiary alicyclic amines) is 1. The molecule has 0 bridgehead atoms. The van der Waals surface area contributed by atoms with E-state index in [4.69, 9.17) is 9.84 Å². The summed E-state index contributed by atoms with van der Waals surface area (Å²) in [7, 11) is 1.35. The molecule has 1 fully saturated rings. The summed E-state index contributed by atoms with van der Waals surface area (Å²) in [5.41, 5.74) is 2.18. The third kappa shape index (κ3) is 4.72. The molecule has 1 aliphatic rings. The summed E-state index contributed by atoms with van der Waals surface area (Å²) in [6.45, 7) is 1.54. The molecule has 2 heterocycles. The van der Waals surface area contributed by atoms with Crippen molar-refractivity contribution in [2.24, 2.45) is 5.92 Å². The molecule has 142 valence electrons. The Morgan fingerprint density at radius 1 is 1.11 bits per heavy atom. The molecule has 0 spiro atoms. The van der Waals surface area contributed by atoms with Crippen LogP contribution >= 0.6 is 0 Å². The maximum absolute atomic E-state index is 11.5. The van der Waals surface area contributed by atoms with Gasteiger partial charge in [0.15, 0.2) is 0 Å². The highest BCUT2D eigenvalue weighted by atomic mass is 16.5. The summed E-state index contributed by atoms with van der Waals surface area (Å²) in [6, 6.07) is 7.29. The molecule has 1 aromatic carbocycles. The third-order valence-electron chi connectivity index (χ3n) is 4.60. The molecule has 8 heteroatoms. The zero-order chi connectivity index (χ0) is 19.2. The monoisotopic (exact) mass is 371 g/mol.